The summed E-state index contributed by atoms with van der Waals surface area (Å²) >= 11 is 0. The van der Waals surface area contributed by atoms with Gasteiger partial charge in [-0.3, -0.25) is 4.79 Å². The Bertz CT molecular complexity index is 515. The number of aromatic nitrogens is 2. The number of alkyl halides is 3. The SMILES string of the molecule is CN(CC(=O)NC1CC1)c1cc(N)nc(C(F)(F)F)n1. The largest absolute Gasteiger partial charge is 0.451 e. The molecule has 1 heterocycles. The number of anilines is 2. The first-order chi connectivity index (χ1) is 9.25. The Balaban J connectivity index is 2.10. The second kappa shape index (κ2) is 5.14. The van der Waals surface area contributed by atoms with Crippen LogP contribution >= 0.6 is 0 Å². The third-order valence-electron chi connectivity index (χ3n) is 2.70. The van der Waals surface area contributed by atoms with Crippen LogP contribution in [0.1, 0.15) is 18.7 Å². The molecule has 1 aromatic heterocycles. The lowest BCUT2D eigenvalue weighted by molar-refractivity contribution is -0.144. The molecule has 0 bridgehead atoms. The quantitative estimate of drug-likeness (QED) is 0.856. The topological polar surface area (TPSA) is 84.1 Å². The van der Waals surface area contributed by atoms with Crippen molar-refractivity contribution in [3.05, 3.63) is 11.9 Å². The Kier molecular flexibility index (Phi) is 3.69. The zero-order valence-corrected chi connectivity index (χ0v) is 10.7. The third-order valence-corrected chi connectivity index (χ3v) is 2.70. The van der Waals surface area contributed by atoms with Crippen LogP contribution in [0.5, 0.6) is 0 Å². The lowest BCUT2D eigenvalue weighted by Gasteiger charge is -2.19. The van der Waals surface area contributed by atoms with Gasteiger partial charge in [0.15, 0.2) is 0 Å². The number of amides is 1. The van der Waals surface area contributed by atoms with Crippen molar-refractivity contribution in [3.63, 3.8) is 0 Å². The van der Waals surface area contributed by atoms with Crippen molar-refractivity contribution in [2.24, 2.45) is 0 Å². The van der Waals surface area contributed by atoms with Gasteiger partial charge in [-0.05, 0) is 12.8 Å². The summed E-state index contributed by atoms with van der Waals surface area (Å²) in [6.07, 6.45) is -2.80. The van der Waals surface area contributed by atoms with Gasteiger partial charge in [-0.2, -0.15) is 13.2 Å². The number of hydrogen-bond donors (Lipinski definition) is 2. The maximum absolute atomic E-state index is 12.6. The van der Waals surface area contributed by atoms with Crippen LogP contribution in [0.3, 0.4) is 0 Å². The van der Waals surface area contributed by atoms with E-state index in [0.717, 1.165) is 12.8 Å². The van der Waals surface area contributed by atoms with E-state index in [1.165, 1.54) is 18.0 Å². The molecule has 2 rings (SSSR count). The normalized spacial score (nSPS) is 15.0. The number of nitrogens with zero attached hydrogens (tertiary/aromatic N) is 3. The molecule has 9 heteroatoms. The zero-order chi connectivity index (χ0) is 14.9. The number of halogens is 3. The number of carbonyl (C=O) groups is 1. The van der Waals surface area contributed by atoms with E-state index in [9.17, 15) is 18.0 Å². The fourth-order valence-corrected chi connectivity index (χ4v) is 1.57. The molecule has 0 unspecified atom stereocenters. The van der Waals surface area contributed by atoms with E-state index >= 15 is 0 Å². The number of nitrogens with two attached hydrogens (primary N) is 1. The maximum Gasteiger partial charge on any atom is 0.451 e. The highest BCUT2D eigenvalue weighted by molar-refractivity contribution is 5.81. The fourth-order valence-electron chi connectivity index (χ4n) is 1.57. The van der Waals surface area contributed by atoms with Crippen LogP contribution in [0.4, 0.5) is 24.8 Å². The van der Waals surface area contributed by atoms with Gasteiger partial charge in [-0.25, -0.2) is 9.97 Å². The van der Waals surface area contributed by atoms with E-state index in [4.69, 9.17) is 5.73 Å². The van der Waals surface area contributed by atoms with E-state index in [1.807, 2.05) is 0 Å². The van der Waals surface area contributed by atoms with Gasteiger partial charge in [-0.1, -0.05) is 0 Å². The third kappa shape index (κ3) is 3.72. The summed E-state index contributed by atoms with van der Waals surface area (Å²) in [7, 11) is 1.47. The first-order valence-corrected chi connectivity index (χ1v) is 5.98. The van der Waals surface area contributed by atoms with Crippen LogP contribution in [-0.2, 0) is 11.0 Å². The van der Waals surface area contributed by atoms with Crippen LogP contribution in [0.2, 0.25) is 0 Å². The molecular formula is C11H14F3N5O. The van der Waals surface area contributed by atoms with Crippen LogP contribution in [0, 0.1) is 0 Å². The predicted molar refractivity (Wildman–Crippen MR) is 65.9 cm³/mol. The van der Waals surface area contributed by atoms with Crippen LogP contribution in [0.15, 0.2) is 6.07 Å². The Morgan fingerprint density at radius 1 is 1.50 bits per heavy atom. The molecule has 0 saturated heterocycles. The number of nitrogen functional groups attached to an aromatic ring is 1. The Hall–Kier alpha value is -2.06. The van der Waals surface area contributed by atoms with Crippen molar-refractivity contribution in [2.75, 3.05) is 24.2 Å². The van der Waals surface area contributed by atoms with Gasteiger partial charge in [0, 0.05) is 19.2 Å². The van der Waals surface area contributed by atoms with Gasteiger partial charge in [0.1, 0.15) is 11.6 Å². The van der Waals surface area contributed by atoms with Crippen LogP contribution in [0.25, 0.3) is 0 Å². The van der Waals surface area contributed by atoms with E-state index < -0.39 is 12.0 Å². The summed E-state index contributed by atoms with van der Waals surface area (Å²) in [4.78, 5) is 19.4. The van der Waals surface area contributed by atoms with Crippen molar-refractivity contribution in [3.8, 4) is 0 Å². The Morgan fingerprint density at radius 3 is 2.70 bits per heavy atom. The molecule has 0 aliphatic heterocycles. The fraction of sp³-hybridized carbons (Fsp3) is 0.545. The minimum atomic E-state index is -4.68. The summed E-state index contributed by atoms with van der Waals surface area (Å²) < 4.78 is 37.7. The molecule has 0 radical (unpaired) electrons. The number of carbonyl (C=O) groups excluding carboxylic acids is 1. The standard InChI is InChI=1S/C11H14F3N5O/c1-19(5-9(20)16-6-2-3-6)8-4-7(15)17-10(18-8)11(12,13)14/h4,6H,2-3,5H2,1H3,(H,16,20)(H2,15,17,18). The lowest BCUT2D eigenvalue weighted by atomic mass is 10.4. The number of rotatable bonds is 4. The van der Waals surface area contributed by atoms with E-state index in [-0.39, 0.29) is 30.1 Å². The molecule has 1 saturated carbocycles. The number of hydrogen-bond acceptors (Lipinski definition) is 5. The summed E-state index contributed by atoms with van der Waals surface area (Å²) in [6, 6.07) is 1.39. The smallest absolute Gasteiger partial charge is 0.384 e. The van der Waals surface area contributed by atoms with Crippen molar-refractivity contribution in [1.29, 1.82) is 0 Å². The van der Waals surface area contributed by atoms with Gasteiger partial charge in [-0.15, -0.1) is 0 Å². The van der Waals surface area contributed by atoms with Crippen LogP contribution in [-0.4, -0.2) is 35.5 Å². The molecule has 110 valence electrons. The van der Waals surface area contributed by atoms with Crippen molar-refractivity contribution in [1.82, 2.24) is 15.3 Å². The highest BCUT2D eigenvalue weighted by Gasteiger charge is 2.35. The summed E-state index contributed by atoms with van der Waals surface area (Å²) in [6.45, 7) is -0.0930. The van der Waals surface area contributed by atoms with Gasteiger partial charge in [0.2, 0.25) is 11.7 Å². The lowest BCUT2D eigenvalue weighted by Crippen LogP contribution is -2.36. The highest BCUT2D eigenvalue weighted by atomic mass is 19.4. The first-order valence-electron chi connectivity index (χ1n) is 5.98. The average molecular weight is 289 g/mol. The molecule has 20 heavy (non-hydrogen) atoms. The van der Waals surface area contributed by atoms with E-state index in [1.54, 1.807) is 0 Å². The molecule has 0 aromatic carbocycles. The molecular weight excluding hydrogens is 275 g/mol. The molecule has 0 spiro atoms. The molecule has 0 atom stereocenters. The van der Waals surface area contributed by atoms with E-state index in [2.05, 4.69) is 15.3 Å². The van der Waals surface area contributed by atoms with Crippen molar-refractivity contribution in [2.45, 2.75) is 25.1 Å². The molecule has 1 amide bonds. The molecule has 3 N–H and O–H groups in total. The van der Waals surface area contributed by atoms with Crippen LogP contribution < -0.4 is 16.0 Å². The Labute approximate surface area is 113 Å². The molecule has 1 fully saturated rings. The molecule has 1 aromatic rings. The second-order valence-electron chi connectivity index (χ2n) is 4.67. The zero-order valence-electron chi connectivity index (χ0n) is 10.7. The monoisotopic (exact) mass is 289 g/mol. The predicted octanol–water partition coefficient (Wildman–Crippen LogP) is 0.792. The van der Waals surface area contributed by atoms with Crippen molar-refractivity contribution >= 4 is 17.5 Å². The van der Waals surface area contributed by atoms with Crippen molar-refractivity contribution < 1.29 is 18.0 Å². The van der Waals surface area contributed by atoms with Gasteiger partial charge in [0.25, 0.3) is 0 Å². The first kappa shape index (κ1) is 14.4. The highest BCUT2D eigenvalue weighted by Crippen LogP contribution is 2.28. The van der Waals surface area contributed by atoms with Gasteiger partial charge >= 0.3 is 6.18 Å². The average Bonchev–Trinajstić information content (AvgIpc) is 3.10. The molecule has 1 aliphatic carbocycles. The maximum atomic E-state index is 12.6. The minimum Gasteiger partial charge on any atom is -0.384 e. The Morgan fingerprint density at radius 2 is 2.15 bits per heavy atom. The molecule has 6 nitrogen and oxygen atoms in total. The summed E-state index contributed by atoms with van der Waals surface area (Å²) in [5.74, 6) is -1.92. The second-order valence-corrected chi connectivity index (χ2v) is 4.67. The number of likely N-dealkylation sites (N-methyl/N-ethyl adjacent to an activating group) is 1. The summed E-state index contributed by atoms with van der Waals surface area (Å²) in [5.41, 5.74) is 5.34. The summed E-state index contributed by atoms with van der Waals surface area (Å²) in [5, 5.41) is 2.74. The number of nitrogens with one attached hydrogen (secondary N) is 1. The van der Waals surface area contributed by atoms with Gasteiger partial charge < -0.3 is 16.0 Å². The molecule has 1 aliphatic rings. The van der Waals surface area contributed by atoms with Gasteiger partial charge in [0.05, 0.1) is 6.54 Å². The minimum absolute atomic E-state index is 0.0456. The van der Waals surface area contributed by atoms with E-state index in [0.29, 0.717) is 0 Å².